The molecule has 0 unspecified atom stereocenters. The first kappa shape index (κ1) is 16.8. The molecule has 1 aliphatic rings. The number of anilines is 1. The molecule has 0 saturated carbocycles. The third-order valence-corrected chi connectivity index (χ3v) is 4.57. The van der Waals surface area contributed by atoms with Gasteiger partial charge in [-0.15, -0.1) is 6.42 Å². The van der Waals surface area contributed by atoms with Crippen LogP contribution in [0, 0.1) is 18.2 Å². The number of carbonyl (C=O) groups excluding carboxylic acids is 1. The van der Waals surface area contributed by atoms with E-state index < -0.39 is 11.9 Å². The molecular weight excluding hydrogens is 343 g/mol. The van der Waals surface area contributed by atoms with Gasteiger partial charge in [-0.05, 0) is 28.2 Å². The molecule has 2 aromatic carbocycles. The van der Waals surface area contributed by atoms with Crippen molar-refractivity contribution in [1.82, 2.24) is 4.98 Å². The van der Waals surface area contributed by atoms with Crippen LogP contribution in [-0.4, -0.2) is 17.7 Å². The Bertz CT molecular complexity index is 1030. The third-order valence-electron chi connectivity index (χ3n) is 4.57. The molecule has 1 N–H and O–H groups in total. The van der Waals surface area contributed by atoms with Gasteiger partial charge in [-0.25, -0.2) is 14.2 Å². The van der Waals surface area contributed by atoms with Crippen molar-refractivity contribution >= 4 is 11.8 Å². The first-order valence-corrected chi connectivity index (χ1v) is 8.41. The Kier molecular flexibility index (Phi) is 4.31. The van der Waals surface area contributed by atoms with E-state index in [1.807, 2.05) is 36.4 Å². The van der Waals surface area contributed by atoms with Gasteiger partial charge in [-0.2, -0.15) is 0 Å². The Morgan fingerprint density at radius 1 is 1.15 bits per heavy atom. The first-order chi connectivity index (χ1) is 13.2. The number of fused-ring (bicyclic) bond motifs is 3. The summed E-state index contributed by atoms with van der Waals surface area (Å²) in [5.74, 6) is 1.65. The van der Waals surface area contributed by atoms with Crippen LogP contribution in [0.2, 0.25) is 0 Å². The fourth-order valence-corrected chi connectivity index (χ4v) is 3.39. The van der Waals surface area contributed by atoms with Crippen LogP contribution >= 0.6 is 0 Å². The maximum Gasteiger partial charge on any atom is 0.411 e. The van der Waals surface area contributed by atoms with Crippen LogP contribution in [0.1, 0.15) is 22.7 Å². The molecule has 0 bridgehead atoms. The predicted molar refractivity (Wildman–Crippen MR) is 101 cm³/mol. The van der Waals surface area contributed by atoms with Crippen molar-refractivity contribution in [3.8, 4) is 23.5 Å². The summed E-state index contributed by atoms with van der Waals surface area (Å²) < 4.78 is 18.8. The number of nitrogens with one attached hydrogen (secondary N) is 1. The van der Waals surface area contributed by atoms with Gasteiger partial charge in [0, 0.05) is 12.0 Å². The second-order valence-electron chi connectivity index (χ2n) is 6.14. The summed E-state index contributed by atoms with van der Waals surface area (Å²) in [4.78, 5) is 16.0. The number of benzene rings is 2. The molecule has 5 heteroatoms. The normalized spacial score (nSPS) is 12.0. The number of carbonyl (C=O) groups is 1. The fraction of sp³-hybridized carbons (Fsp3) is 0.0909. The molecular formula is C22H15FN2O2. The largest absolute Gasteiger partial charge is 0.448 e. The van der Waals surface area contributed by atoms with Crippen molar-refractivity contribution in [2.45, 2.75) is 5.92 Å². The van der Waals surface area contributed by atoms with Crippen LogP contribution in [0.4, 0.5) is 14.9 Å². The second-order valence-corrected chi connectivity index (χ2v) is 6.14. The molecule has 132 valence electrons. The Labute approximate surface area is 156 Å². The maximum absolute atomic E-state index is 13.4. The van der Waals surface area contributed by atoms with Crippen LogP contribution in [-0.2, 0) is 4.74 Å². The summed E-state index contributed by atoms with van der Waals surface area (Å²) in [6.07, 6.45) is 5.62. The standard InChI is InChI=1S/C22H15FN2O2/c1-2-20-21(11-14(23)12-24-20)25-22(26)27-13-19-17-9-5-3-7-15(17)16-8-4-6-10-18(16)19/h1,3-12,19H,13H2,(H,25,26). The molecule has 0 fully saturated rings. The smallest absolute Gasteiger partial charge is 0.411 e. The van der Waals surface area contributed by atoms with Gasteiger partial charge in [0.1, 0.15) is 18.1 Å². The lowest BCUT2D eigenvalue weighted by Gasteiger charge is -2.15. The van der Waals surface area contributed by atoms with Gasteiger partial charge in [0.25, 0.3) is 0 Å². The number of hydrogen-bond acceptors (Lipinski definition) is 3. The number of terminal acetylenes is 1. The van der Waals surface area contributed by atoms with Crippen molar-refractivity contribution < 1.29 is 13.9 Å². The number of nitrogens with zero attached hydrogens (tertiary/aromatic N) is 1. The molecule has 0 aliphatic heterocycles. The predicted octanol–water partition coefficient (Wildman–Crippen LogP) is 4.56. The van der Waals surface area contributed by atoms with Crippen LogP contribution in [0.25, 0.3) is 11.1 Å². The highest BCUT2D eigenvalue weighted by Crippen LogP contribution is 2.44. The summed E-state index contributed by atoms with van der Waals surface area (Å²) in [7, 11) is 0. The molecule has 0 saturated heterocycles. The Balaban J connectivity index is 1.52. The van der Waals surface area contributed by atoms with E-state index in [1.54, 1.807) is 0 Å². The summed E-state index contributed by atoms with van der Waals surface area (Å²) in [5, 5.41) is 2.47. The minimum absolute atomic E-state index is 0.0547. The summed E-state index contributed by atoms with van der Waals surface area (Å²) in [6, 6.07) is 17.2. The minimum atomic E-state index is -0.708. The molecule has 4 rings (SSSR count). The van der Waals surface area contributed by atoms with Gasteiger partial charge in [-0.3, -0.25) is 5.32 Å². The number of rotatable bonds is 3. The SMILES string of the molecule is C#Cc1ncc(F)cc1NC(=O)OCC1c2ccccc2-c2ccccc21. The first-order valence-electron chi connectivity index (χ1n) is 8.41. The van der Waals surface area contributed by atoms with E-state index in [9.17, 15) is 9.18 Å². The highest BCUT2D eigenvalue weighted by molar-refractivity contribution is 5.86. The number of aromatic nitrogens is 1. The van der Waals surface area contributed by atoms with E-state index in [0.29, 0.717) is 0 Å². The molecule has 1 aliphatic carbocycles. The van der Waals surface area contributed by atoms with Crippen LogP contribution in [0.5, 0.6) is 0 Å². The van der Waals surface area contributed by atoms with E-state index in [0.717, 1.165) is 34.5 Å². The number of ether oxygens (including phenoxy) is 1. The van der Waals surface area contributed by atoms with Crippen molar-refractivity contribution in [2.75, 3.05) is 11.9 Å². The van der Waals surface area contributed by atoms with E-state index in [-0.39, 0.29) is 23.9 Å². The number of pyridine rings is 1. The van der Waals surface area contributed by atoms with Crippen LogP contribution < -0.4 is 5.32 Å². The van der Waals surface area contributed by atoms with Gasteiger partial charge in [-0.1, -0.05) is 48.5 Å². The molecule has 0 radical (unpaired) electrons. The van der Waals surface area contributed by atoms with Crippen molar-refractivity contribution in [3.05, 3.63) is 83.4 Å². The molecule has 3 aromatic rings. The zero-order valence-corrected chi connectivity index (χ0v) is 14.3. The highest BCUT2D eigenvalue weighted by Gasteiger charge is 2.29. The van der Waals surface area contributed by atoms with Crippen LogP contribution in [0.15, 0.2) is 60.8 Å². The van der Waals surface area contributed by atoms with Gasteiger partial charge < -0.3 is 4.74 Å². The van der Waals surface area contributed by atoms with Crippen LogP contribution in [0.3, 0.4) is 0 Å². The quantitative estimate of drug-likeness (QED) is 0.698. The summed E-state index contributed by atoms with van der Waals surface area (Å²) in [6.45, 7) is 0.161. The monoisotopic (exact) mass is 358 g/mol. The molecule has 4 nitrogen and oxygen atoms in total. The van der Waals surface area contributed by atoms with Gasteiger partial charge in [0.2, 0.25) is 0 Å². The molecule has 0 spiro atoms. The average molecular weight is 358 g/mol. The van der Waals surface area contributed by atoms with E-state index in [4.69, 9.17) is 11.2 Å². The van der Waals surface area contributed by atoms with Gasteiger partial charge in [0.05, 0.1) is 11.9 Å². The Morgan fingerprint density at radius 2 is 1.78 bits per heavy atom. The fourth-order valence-electron chi connectivity index (χ4n) is 3.39. The number of halogens is 1. The Morgan fingerprint density at radius 3 is 2.41 bits per heavy atom. The zero-order chi connectivity index (χ0) is 18.8. The van der Waals surface area contributed by atoms with Gasteiger partial charge in [0.15, 0.2) is 0 Å². The Hall–Kier alpha value is -3.65. The van der Waals surface area contributed by atoms with Gasteiger partial charge >= 0.3 is 6.09 Å². The summed E-state index contributed by atoms with van der Waals surface area (Å²) in [5.41, 5.74) is 4.77. The van der Waals surface area contributed by atoms with E-state index in [1.165, 1.54) is 0 Å². The average Bonchev–Trinajstić information content (AvgIpc) is 3.00. The van der Waals surface area contributed by atoms with E-state index >= 15 is 0 Å². The highest BCUT2D eigenvalue weighted by atomic mass is 19.1. The van der Waals surface area contributed by atoms with Crippen molar-refractivity contribution in [2.24, 2.45) is 0 Å². The number of amides is 1. The van der Waals surface area contributed by atoms with Crippen molar-refractivity contribution in [1.29, 1.82) is 0 Å². The maximum atomic E-state index is 13.4. The van der Waals surface area contributed by atoms with Crippen molar-refractivity contribution in [3.63, 3.8) is 0 Å². The molecule has 27 heavy (non-hydrogen) atoms. The lowest BCUT2D eigenvalue weighted by Crippen LogP contribution is -2.18. The summed E-state index contributed by atoms with van der Waals surface area (Å²) >= 11 is 0. The molecule has 1 amide bonds. The molecule has 1 aromatic heterocycles. The molecule has 0 atom stereocenters. The van der Waals surface area contributed by atoms with E-state index in [2.05, 4.69) is 28.4 Å². The number of hydrogen-bond donors (Lipinski definition) is 1. The zero-order valence-electron chi connectivity index (χ0n) is 14.3. The topological polar surface area (TPSA) is 51.2 Å². The lowest BCUT2D eigenvalue weighted by atomic mass is 9.98. The molecule has 1 heterocycles. The lowest BCUT2D eigenvalue weighted by molar-refractivity contribution is 0.158. The second kappa shape index (κ2) is 6.93. The minimum Gasteiger partial charge on any atom is -0.448 e. The third kappa shape index (κ3) is 3.13.